The van der Waals surface area contributed by atoms with Crippen molar-refractivity contribution in [3.8, 4) is 0 Å². The molecule has 0 bridgehead atoms. The molecule has 2 heteroatoms. The van der Waals surface area contributed by atoms with Gasteiger partial charge in [-0.25, -0.2) is 0 Å². The molecule has 6 aromatic carbocycles. The fourth-order valence-electron chi connectivity index (χ4n) is 3.34. The van der Waals surface area contributed by atoms with Crippen LogP contribution in [0.1, 0.15) is 0 Å². The first-order valence-electron chi connectivity index (χ1n) is 11.0. The van der Waals surface area contributed by atoms with Gasteiger partial charge in [0, 0.05) is 0 Å². The molecular formula is C32H25PPd. The van der Waals surface area contributed by atoms with Crippen LogP contribution < -0.4 is 10.6 Å². The summed E-state index contributed by atoms with van der Waals surface area (Å²) >= 11 is 0. The Morgan fingerprint density at radius 1 is 0.382 bits per heavy atom. The number of fused-ring (bicyclic) bond motifs is 2. The minimum Gasteiger partial charge on any atom is -0.147 e. The van der Waals surface area contributed by atoms with E-state index in [2.05, 4.69) is 109 Å². The van der Waals surface area contributed by atoms with Gasteiger partial charge >= 0.3 is 20.4 Å². The normalized spacial score (nSPS) is 9.65. The Labute approximate surface area is 218 Å². The Morgan fingerprint density at radius 3 is 1.15 bits per heavy atom. The molecule has 0 fully saturated rings. The van der Waals surface area contributed by atoms with Crippen LogP contribution in [0.5, 0.6) is 0 Å². The topological polar surface area (TPSA) is 0 Å². The Hall–Kier alpha value is -3.07. The van der Waals surface area contributed by atoms with Gasteiger partial charge in [-0.2, -0.15) is 0 Å². The minimum absolute atomic E-state index is 0. The van der Waals surface area contributed by atoms with Gasteiger partial charge in [0.15, 0.2) is 0 Å². The van der Waals surface area contributed by atoms with Gasteiger partial charge in [0.05, 0.1) is 0 Å². The van der Waals surface area contributed by atoms with Crippen LogP contribution in [0, 0.1) is 12.1 Å². The molecule has 0 nitrogen and oxygen atoms in total. The molecule has 0 aliphatic carbocycles. The van der Waals surface area contributed by atoms with Crippen LogP contribution in [-0.4, -0.2) is 0 Å². The van der Waals surface area contributed by atoms with Gasteiger partial charge in [0.1, 0.15) is 0 Å². The predicted molar refractivity (Wildman–Crippen MR) is 146 cm³/mol. The Kier molecular flexibility index (Phi) is 10.7. The van der Waals surface area contributed by atoms with E-state index in [0.29, 0.717) is 0 Å². The molecule has 0 saturated carbocycles. The zero-order chi connectivity index (χ0) is 22.6. The van der Waals surface area contributed by atoms with Crippen LogP contribution in [0.2, 0.25) is 0 Å². The Morgan fingerprint density at radius 2 is 0.735 bits per heavy atom. The molecule has 0 heterocycles. The third kappa shape index (κ3) is 8.06. The van der Waals surface area contributed by atoms with Crippen molar-refractivity contribution in [2.75, 3.05) is 0 Å². The maximum atomic E-state index is 3.15. The van der Waals surface area contributed by atoms with Crippen molar-refractivity contribution in [3.05, 3.63) is 158 Å². The standard InChI is InChI=1S/C12H11P.2C10H7.Pd/c1-3-7-11(8-4-1)13-12-9-5-2-6-10-12;2*1-2-6-10-8-4-3-7-9(10)5-1;/h1-10,13H;2*1-7H;/q;2*-1;+2. The average molecular weight is 547 g/mol. The molecule has 6 aromatic rings. The molecule has 0 saturated heterocycles. The van der Waals surface area contributed by atoms with E-state index >= 15 is 0 Å². The van der Waals surface area contributed by atoms with E-state index in [4.69, 9.17) is 0 Å². The van der Waals surface area contributed by atoms with Crippen LogP contribution in [0.3, 0.4) is 0 Å². The van der Waals surface area contributed by atoms with Gasteiger partial charge in [-0.05, 0) is 10.6 Å². The Balaban J connectivity index is 0.000000142. The summed E-state index contributed by atoms with van der Waals surface area (Å²) in [6, 6.07) is 55.9. The zero-order valence-electron chi connectivity index (χ0n) is 18.7. The van der Waals surface area contributed by atoms with Crippen molar-refractivity contribution in [2.24, 2.45) is 0 Å². The van der Waals surface area contributed by atoms with Gasteiger partial charge in [0.25, 0.3) is 0 Å². The molecule has 34 heavy (non-hydrogen) atoms. The summed E-state index contributed by atoms with van der Waals surface area (Å²) in [5, 5.41) is 7.67. The van der Waals surface area contributed by atoms with Gasteiger partial charge in [-0.15, -0.1) is 94.3 Å². The van der Waals surface area contributed by atoms with E-state index in [1.165, 1.54) is 32.2 Å². The summed E-state index contributed by atoms with van der Waals surface area (Å²) in [5.74, 6) is 0. The molecule has 0 radical (unpaired) electrons. The summed E-state index contributed by atoms with van der Waals surface area (Å²) in [5.41, 5.74) is 0. The summed E-state index contributed by atoms with van der Waals surface area (Å²) in [7, 11) is 0.777. The van der Waals surface area contributed by atoms with Gasteiger partial charge < -0.3 is 0 Å². The molecule has 0 aromatic heterocycles. The van der Waals surface area contributed by atoms with Crippen LogP contribution in [0.15, 0.2) is 146 Å². The molecule has 0 aliphatic rings. The van der Waals surface area contributed by atoms with Crippen molar-refractivity contribution >= 4 is 40.7 Å². The van der Waals surface area contributed by atoms with E-state index in [1.54, 1.807) is 0 Å². The third-order valence-corrected chi connectivity index (χ3v) is 6.22. The van der Waals surface area contributed by atoms with Crippen LogP contribution in [-0.2, 0) is 20.4 Å². The molecule has 0 unspecified atom stereocenters. The number of hydrogen-bond acceptors (Lipinski definition) is 0. The van der Waals surface area contributed by atoms with Crippen molar-refractivity contribution < 1.29 is 20.4 Å². The van der Waals surface area contributed by atoms with Crippen molar-refractivity contribution in [3.63, 3.8) is 0 Å². The molecule has 0 spiro atoms. The maximum Gasteiger partial charge on any atom is 2.00 e. The number of benzene rings is 6. The van der Waals surface area contributed by atoms with Crippen molar-refractivity contribution in [1.82, 2.24) is 0 Å². The molecule has 0 aliphatic heterocycles. The summed E-state index contributed by atoms with van der Waals surface area (Å²) in [6.07, 6.45) is 0. The van der Waals surface area contributed by atoms with E-state index < -0.39 is 0 Å². The molecule has 0 atom stereocenters. The third-order valence-electron chi connectivity index (χ3n) is 4.98. The summed E-state index contributed by atoms with van der Waals surface area (Å²) in [4.78, 5) is 0. The Bertz CT molecular complexity index is 1140. The first-order chi connectivity index (χ1) is 16.4. The summed E-state index contributed by atoms with van der Waals surface area (Å²) in [6.45, 7) is 0. The van der Waals surface area contributed by atoms with E-state index in [-0.39, 0.29) is 20.4 Å². The van der Waals surface area contributed by atoms with E-state index in [0.717, 1.165) is 8.58 Å². The predicted octanol–water partition coefficient (Wildman–Crippen LogP) is 7.59. The monoisotopic (exact) mass is 546 g/mol. The van der Waals surface area contributed by atoms with Gasteiger partial charge in [-0.1, -0.05) is 93.5 Å². The molecule has 0 amide bonds. The average Bonchev–Trinajstić information content (AvgIpc) is 2.91. The quantitative estimate of drug-likeness (QED) is 0.119. The minimum atomic E-state index is 0. The van der Waals surface area contributed by atoms with Crippen LogP contribution in [0.4, 0.5) is 0 Å². The molecular weight excluding hydrogens is 522 g/mol. The first-order valence-corrected chi connectivity index (χ1v) is 12.0. The van der Waals surface area contributed by atoms with E-state index in [9.17, 15) is 0 Å². The van der Waals surface area contributed by atoms with Crippen LogP contribution in [0.25, 0.3) is 21.5 Å². The van der Waals surface area contributed by atoms with Gasteiger partial charge in [-0.3, -0.25) is 0 Å². The number of hydrogen-bond donors (Lipinski definition) is 0. The van der Waals surface area contributed by atoms with Gasteiger partial charge in [0.2, 0.25) is 0 Å². The molecule has 6 rings (SSSR count). The summed E-state index contributed by atoms with van der Waals surface area (Å²) < 4.78 is 0. The van der Waals surface area contributed by atoms with Crippen molar-refractivity contribution in [1.29, 1.82) is 0 Å². The van der Waals surface area contributed by atoms with Crippen LogP contribution >= 0.6 is 8.58 Å². The molecule has 168 valence electrons. The second-order valence-electron chi connectivity index (χ2n) is 7.37. The fraction of sp³-hybridized carbons (Fsp3) is 0. The molecule has 0 N–H and O–H groups in total. The smallest absolute Gasteiger partial charge is 0.147 e. The first kappa shape index (κ1) is 25.6. The maximum absolute atomic E-state index is 3.15. The largest absolute Gasteiger partial charge is 2.00 e. The number of rotatable bonds is 2. The fourth-order valence-corrected chi connectivity index (χ4v) is 4.39. The SMILES string of the molecule is [Pd+2].[c-]1cccc2ccccc12.[c-]1cccc2ccccc12.c1ccc(Pc2ccccc2)cc1. The second kappa shape index (κ2) is 14.2. The van der Waals surface area contributed by atoms with E-state index in [1.807, 2.05) is 48.5 Å². The second-order valence-corrected chi connectivity index (χ2v) is 8.78. The van der Waals surface area contributed by atoms with Crippen molar-refractivity contribution in [2.45, 2.75) is 0 Å². The zero-order valence-corrected chi connectivity index (χ0v) is 21.2.